The molecule has 0 amide bonds. The minimum absolute atomic E-state index is 0.581. The zero-order chi connectivity index (χ0) is 29.1. The maximum Gasteiger partial charge on any atom is -0.0119 e. The van der Waals surface area contributed by atoms with Gasteiger partial charge < -0.3 is 0 Å². The highest BCUT2D eigenvalue weighted by Crippen LogP contribution is 2.35. The fraction of sp³-hybridized carbons (Fsp3) is 0.122. The Kier molecular flexibility index (Phi) is 10.3. The van der Waals surface area contributed by atoms with Gasteiger partial charge in [-0.1, -0.05) is 176 Å². The van der Waals surface area contributed by atoms with Gasteiger partial charge in [-0.2, -0.15) is 0 Å². The second kappa shape index (κ2) is 15.1. The van der Waals surface area contributed by atoms with Gasteiger partial charge in [0.2, 0.25) is 0 Å². The van der Waals surface area contributed by atoms with Crippen LogP contribution in [0.3, 0.4) is 0 Å². The Morgan fingerprint density at radius 2 is 0.558 bits per heavy atom. The normalized spacial score (nSPS) is 11.2. The zero-order valence-corrected chi connectivity index (χ0v) is 26.4. The van der Waals surface area contributed by atoms with Gasteiger partial charge in [0.15, 0.2) is 0 Å². The number of hydrogen-bond donors (Lipinski definition) is 0. The molecule has 6 aromatic carbocycles. The molecule has 0 bridgehead atoms. The van der Waals surface area contributed by atoms with Crippen molar-refractivity contribution in [3.8, 4) is 0 Å². The van der Waals surface area contributed by atoms with Crippen molar-refractivity contribution in [3.05, 3.63) is 181 Å². The third-order valence-corrected chi connectivity index (χ3v) is 13.0. The van der Waals surface area contributed by atoms with E-state index >= 15 is 0 Å². The van der Waals surface area contributed by atoms with Crippen molar-refractivity contribution in [1.29, 1.82) is 0 Å². The third-order valence-electron chi connectivity index (χ3n) is 7.91. The number of hydrogen-bond acceptors (Lipinski definition) is 0. The molecule has 0 unspecified atom stereocenters. The van der Waals surface area contributed by atoms with Crippen molar-refractivity contribution in [2.24, 2.45) is 0 Å². The molecule has 0 N–H and O–H groups in total. The Morgan fingerprint density at radius 1 is 0.279 bits per heavy atom. The van der Waals surface area contributed by atoms with Gasteiger partial charge in [-0.3, -0.25) is 0 Å². The monoisotopic (exact) mass is 592 g/mol. The summed E-state index contributed by atoms with van der Waals surface area (Å²) in [6.07, 6.45) is 5.89. The molecule has 0 atom stereocenters. The molecule has 0 radical (unpaired) electrons. The summed E-state index contributed by atoms with van der Waals surface area (Å²) in [5.41, 5.74) is 3.00. The van der Waals surface area contributed by atoms with Crippen LogP contribution in [-0.4, -0.2) is 0 Å². The topological polar surface area (TPSA) is 0 Å². The first kappa shape index (κ1) is 29.3. The van der Waals surface area contributed by atoms with Crippen LogP contribution in [0.2, 0.25) is 0 Å². The lowest BCUT2D eigenvalue weighted by atomic mass is 10.0. The summed E-state index contributed by atoms with van der Waals surface area (Å²) < 4.78 is 0. The van der Waals surface area contributed by atoms with Gasteiger partial charge in [-0.05, 0) is 84.5 Å². The van der Waals surface area contributed by atoms with Gasteiger partial charge in [-0.15, -0.1) is 0 Å². The Bertz CT molecular complexity index is 1470. The van der Waals surface area contributed by atoms with Gasteiger partial charge in [0.1, 0.15) is 0 Å². The highest BCUT2D eigenvalue weighted by molar-refractivity contribution is 7.80. The predicted molar refractivity (Wildman–Crippen MR) is 192 cm³/mol. The maximum absolute atomic E-state index is 2.37. The van der Waals surface area contributed by atoms with Crippen LogP contribution in [0.1, 0.15) is 30.4 Å². The summed E-state index contributed by atoms with van der Waals surface area (Å²) in [6.45, 7) is 0. The van der Waals surface area contributed by atoms with Crippen LogP contribution in [0.5, 0.6) is 0 Å². The molecule has 0 aliphatic rings. The van der Waals surface area contributed by atoms with Crippen LogP contribution in [-0.2, 0) is 12.8 Å². The standard InChI is InChI=1S/C41H38P2/c1(6-20-34-22-16-18-32-40(34)42(36-24-8-2-9-25-36)37-26-10-3-11-27-37)7-21-35-23-17-19-33-41(35)43(38-28-12-4-13-29-38)39-30-14-5-15-31-39/h2-5,8-19,22-33H,1,6-7,20-21H2. The molecule has 6 rings (SSSR count). The number of rotatable bonds is 12. The highest BCUT2D eigenvalue weighted by Gasteiger charge is 2.20. The Hall–Kier alpha value is -3.82. The molecular weight excluding hydrogens is 554 g/mol. The van der Waals surface area contributed by atoms with E-state index in [0.29, 0.717) is 0 Å². The first-order chi connectivity index (χ1) is 21.4. The largest absolute Gasteiger partial charge is 0.0622 e. The maximum atomic E-state index is 2.37. The van der Waals surface area contributed by atoms with Gasteiger partial charge in [-0.25, -0.2) is 0 Å². The average Bonchev–Trinajstić information content (AvgIpc) is 3.08. The van der Waals surface area contributed by atoms with Crippen molar-refractivity contribution in [2.45, 2.75) is 32.1 Å². The van der Waals surface area contributed by atoms with Crippen LogP contribution < -0.4 is 31.8 Å². The Labute approximate surface area is 260 Å². The van der Waals surface area contributed by atoms with Crippen LogP contribution in [0, 0.1) is 0 Å². The van der Waals surface area contributed by atoms with E-state index in [1.165, 1.54) is 62.2 Å². The van der Waals surface area contributed by atoms with E-state index in [1.807, 2.05) is 0 Å². The molecular formula is C41H38P2. The molecule has 0 heterocycles. The van der Waals surface area contributed by atoms with Crippen LogP contribution in [0.4, 0.5) is 0 Å². The van der Waals surface area contributed by atoms with Crippen molar-refractivity contribution in [1.82, 2.24) is 0 Å². The second-order valence-electron chi connectivity index (χ2n) is 10.8. The number of unbranched alkanes of at least 4 members (excludes halogenated alkanes) is 2. The van der Waals surface area contributed by atoms with Crippen molar-refractivity contribution in [3.63, 3.8) is 0 Å². The van der Waals surface area contributed by atoms with E-state index in [0.717, 1.165) is 12.8 Å². The Morgan fingerprint density at radius 3 is 0.884 bits per heavy atom. The fourth-order valence-electron chi connectivity index (χ4n) is 5.85. The lowest BCUT2D eigenvalue weighted by Crippen LogP contribution is -2.23. The van der Waals surface area contributed by atoms with Gasteiger partial charge in [0.05, 0.1) is 0 Å². The summed E-state index contributed by atoms with van der Waals surface area (Å²) >= 11 is 0. The molecule has 0 saturated carbocycles. The van der Waals surface area contributed by atoms with Crippen LogP contribution >= 0.6 is 15.8 Å². The third kappa shape index (κ3) is 7.40. The minimum atomic E-state index is -0.581. The lowest BCUT2D eigenvalue weighted by molar-refractivity contribution is 0.681. The fourth-order valence-corrected chi connectivity index (χ4v) is 10.9. The van der Waals surface area contributed by atoms with E-state index in [2.05, 4.69) is 170 Å². The van der Waals surface area contributed by atoms with Gasteiger partial charge >= 0.3 is 0 Å². The first-order valence-electron chi connectivity index (χ1n) is 15.3. The van der Waals surface area contributed by atoms with Gasteiger partial charge in [0.25, 0.3) is 0 Å². The zero-order valence-electron chi connectivity index (χ0n) is 24.6. The molecule has 0 aromatic heterocycles. The van der Waals surface area contributed by atoms with E-state index in [1.54, 1.807) is 0 Å². The van der Waals surface area contributed by atoms with Crippen LogP contribution in [0.15, 0.2) is 170 Å². The molecule has 43 heavy (non-hydrogen) atoms. The average molecular weight is 593 g/mol. The molecule has 0 aliphatic heterocycles. The second-order valence-corrected chi connectivity index (χ2v) is 15.2. The summed E-state index contributed by atoms with van der Waals surface area (Å²) in [5.74, 6) is 0. The van der Waals surface area contributed by atoms with Crippen molar-refractivity contribution < 1.29 is 0 Å². The summed E-state index contributed by atoms with van der Waals surface area (Å²) in [7, 11) is -1.16. The molecule has 0 fully saturated rings. The highest BCUT2D eigenvalue weighted by atomic mass is 31.1. The smallest absolute Gasteiger partial charge is 0.0119 e. The number of aryl methyl sites for hydroxylation is 2. The van der Waals surface area contributed by atoms with E-state index in [4.69, 9.17) is 0 Å². The molecule has 0 nitrogen and oxygen atoms in total. The molecule has 0 spiro atoms. The van der Waals surface area contributed by atoms with Crippen molar-refractivity contribution in [2.75, 3.05) is 0 Å². The molecule has 212 valence electrons. The molecule has 0 aliphatic carbocycles. The minimum Gasteiger partial charge on any atom is -0.0622 e. The number of benzene rings is 6. The van der Waals surface area contributed by atoms with Crippen molar-refractivity contribution >= 4 is 47.7 Å². The summed E-state index contributed by atoms with van der Waals surface area (Å²) in [5, 5.41) is 8.66. The van der Waals surface area contributed by atoms with E-state index in [9.17, 15) is 0 Å². The quantitative estimate of drug-likeness (QED) is 0.0994. The first-order valence-corrected chi connectivity index (χ1v) is 18.0. The van der Waals surface area contributed by atoms with Crippen LogP contribution in [0.25, 0.3) is 0 Å². The Balaban J connectivity index is 1.16. The predicted octanol–water partition coefficient (Wildman–Crippen LogP) is 8.16. The summed E-state index contributed by atoms with van der Waals surface area (Å²) in [6, 6.07) is 62.6. The van der Waals surface area contributed by atoms with Gasteiger partial charge in [0, 0.05) is 0 Å². The summed E-state index contributed by atoms with van der Waals surface area (Å²) in [4.78, 5) is 0. The SMILES string of the molecule is c1ccc(P(c2ccccc2)c2ccccc2CCCCCc2ccccc2P(c2ccccc2)c2ccccc2)cc1. The molecule has 2 heteroatoms. The van der Waals surface area contributed by atoms with E-state index < -0.39 is 15.8 Å². The molecule has 6 aromatic rings. The lowest BCUT2D eigenvalue weighted by Gasteiger charge is -2.23. The van der Waals surface area contributed by atoms with E-state index in [-0.39, 0.29) is 0 Å². The molecule has 0 saturated heterocycles.